The van der Waals surface area contributed by atoms with Crippen LogP contribution in [0.4, 0.5) is 0 Å². The Morgan fingerprint density at radius 2 is 2.33 bits per heavy atom. The summed E-state index contributed by atoms with van der Waals surface area (Å²) in [6.45, 7) is 0.184. The molecule has 0 fully saturated rings. The highest BCUT2D eigenvalue weighted by Gasteiger charge is 2.18. The molecule has 2 nitrogen and oxygen atoms in total. The topological polar surface area (TPSA) is 40.5 Å². The van der Waals surface area contributed by atoms with Crippen molar-refractivity contribution in [3.05, 3.63) is 12.2 Å². The standard InChI is InChI=1S/C7H12O2/c8-5-4-6-2-1-3-7(6)9/h1,3,6-9H,2,4-5H2. The predicted molar refractivity (Wildman–Crippen MR) is 35.0 cm³/mol. The summed E-state index contributed by atoms with van der Waals surface area (Å²) in [6, 6.07) is 0. The average molecular weight is 128 g/mol. The second kappa shape index (κ2) is 2.99. The molecule has 1 aliphatic rings. The van der Waals surface area contributed by atoms with Crippen molar-refractivity contribution in [3.8, 4) is 0 Å². The molecule has 9 heavy (non-hydrogen) atoms. The van der Waals surface area contributed by atoms with E-state index in [0.717, 1.165) is 6.42 Å². The fraction of sp³-hybridized carbons (Fsp3) is 0.714. The fourth-order valence-corrected chi connectivity index (χ4v) is 1.14. The van der Waals surface area contributed by atoms with Crippen LogP contribution in [0.25, 0.3) is 0 Å². The summed E-state index contributed by atoms with van der Waals surface area (Å²) in [5.74, 6) is 0.273. The Bertz CT molecular complexity index is 109. The van der Waals surface area contributed by atoms with Crippen molar-refractivity contribution < 1.29 is 10.2 Å². The first-order valence-electron chi connectivity index (χ1n) is 3.30. The van der Waals surface area contributed by atoms with Crippen molar-refractivity contribution >= 4 is 0 Å². The van der Waals surface area contributed by atoms with Crippen molar-refractivity contribution in [2.75, 3.05) is 6.61 Å². The maximum absolute atomic E-state index is 9.12. The highest BCUT2D eigenvalue weighted by atomic mass is 16.3. The molecular weight excluding hydrogens is 116 g/mol. The summed E-state index contributed by atoms with van der Waals surface area (Å²) >= 11 is 0. The van der Waals surface area contributed by atoms with Gasteiger partial charge in [0.1, 0.15) is 0 Å². The van der Waals surface area contributed by atoms with Gasteiger partial charge in [0, 0.05) is 6.61 Å². The van der Waals surface area contributed by atoms with Crippen LogP contribution in [0.2, 0.25) is 0 Å². The summed E-state index contributed by atoms with van der Waals surface area (Å²) in [5.41, 5.74) is 0. The van der Waals surface area contributed by atoms with Crippen LogP contribution in [-0.4, -0.2) is 22.9 Å². The van der Waals surface area contributed by atoms with Gasteiger partial charge in [-0.1, -0.05) is 12.2 Å². The van der Waals surface area contributed by atoms with Gasteiger partial charge in [-0.15, -0.1) is 0 Å². The normalized spacial score (nSPS) is 33.6. The van der Waals surface area contributed by atoms with E-state index >= 15 is 0 Å². The molecule has 52 valence electrons. The van der Waals surface area contributed by atoms with Gasteiger partial charge in [-0.2, -0.15) is 0 Å². The van der Waals surface area contributed by atoms with Crippen molar-refractivity contribution in [2.24, 2.45) is 5.92 Å². The molecule has 0 aliphatic heterocycles. The van der Waals surface area contributed by atoms with Crippen LogP contribution in [0.15, 0.2) is 12.2 Å². The molecule has 0 amide bonds. The molecule has 1 aliphatic carbocycles. The summed E-state index contributed by atoms with van der Waals surface area (Å²) in [6.07, 6.45) is 5.08. The van der Waals surface area contributed by atoms with E-state index in [1.165, 1.54) is 0 Å². The second-order valence-corrected chi connectivity index (χ2v) is 2.43. The number of hydrogen-bond donors (Lipinski definition) is 2. The molecule has 2 N–H and O–H groups in total. The van der Waals surface area contributed by atoms with Crippen LogP contribution in [0, 0.1) is 5.92 Å². The van der Waals surface area contributed by atoms with E-state index in [4.69, 9.17) is 10.2 Å². The fourth-order valence-electron chi connectivity index (χ4n) is 1.14. The molecule has 0 aromatic rings. The van der Waals surface area contributed by atoms with Gasteiger partial charge < -0.3 is 10.2 Å². The van der Waals surface area contributed by atoms with Crippen LogP contribution in [-0.2, 0) is 0 Å². The SMILES string of the molecule is OCCC1CC=CC1O. The first kappa shape index (κ1) is 6.78. The largest absolute Gasteiger partial charge is 0.396 e. The van der Waals surface area contributed by atoms with Gasteiger partial charge in [0.2, 0.25) is 0 Å². The lowest BCUT2D eigenvalue weighted by molar-refractivity contribution is 0.139. The molecule has 0 saturated heterocycles. The van der Waals surface area contributed by atoms with Gasteiger partial charge in [-0.3, -0.25) is 0 Å². The second-order valence-electron chi connectivity index (χ2n) is 2.43. The van der Waals surface area contributed by atoms with E-state index < -0.39 is 0 Å². The lowest BCUT2D eigenvalue weighted by Gasteiger charge is -2.10. The Labute approximate surface area is 54.8 Å². The Morgan fingerprint density at radius 1 is 1.56 bits per heavy atom. The zero-order valence-corrected chi connectivity index (χ0v) is 5.33. The molecule has 0 aromatic carbocycles. The minimum absolute atomic E-state index is 0.184. The minimum atomic E-state index is -0.308. The number of hydrogen-bond acceptors (Lipinski definition) is 2. The molecule has 0 spiro atoms. The van der Waals surface area contributed by atoms with E-state index in [9.17, 15) is 0 Å². The summed E-state index contributed by atoms with van der Waals surface area (Å²) in [7, 11) is 0. The van der Waals surface area contributed by atoms with Crippen LogP contribution in [0.5, 0.6) is 0 Å². The summed E-state index contributed by atoms with van der Waals surface area (Å²) in [4.78, 5) is 0. The highest BCUT2D eigenvalue weighted by molar-refractivity contribution is 5.01. The number of allylic oxidation sites excluding steroid dienone is 1. The van der Waals surface area contributed by atoms with Gasteiger partial charge in [0.05, 0.1) is 6.10 Å². The molecule has 0 radical (unpaired) electrons. The van der Waals surface area contributed by atoms with Crippen LogP contribution < -0.4 is 0 Å². The van der Waals surface area contributed by atoms with E-state index in [-0.39, 0.29) is 18.6 Å². The molecule has 1 rings (SSSR count). The van der Waals surface area contributed by atoms with Crippen LogP contribution in [0.1, 0.15) is 12.8 Å². The maximum atomic E-state index is 9.12. The Hall–Kier alpha value is -0.340. The molecule has 2 atom stereocenters. The monoisotopic (exact) mass is 128 g/mol. The Kier molecular flexibility index (Phi) is 2.25. The molecular formula is C7H12O2. The van der Waals surface area contributed by atoms with Crippen molar-refractivity contribution in [1.29, 1.82) is 0 Å². The van der Waals surface area contributed by atoms with E-state index in [1.54, 1.807) is 6.08 Å². The lowest BCUT2D eigenvalue weighted by atomic mass is 10.0. The third kappa shape index (κ3) is 1.53. The van der Waals surface area contributed by atoms with Gasteiger partial charge >= 0.3 is 0 Å². The Morgan fingerprint density at radius 3 is 2.78 bits per heavy atom. The predicted octanol–water partition coefficient (Wildman–Crippen LogP) is 0.306. The Balaban J connectivity index is 2.28. The third-order valence-electron chi connectivity index (χ3n) is 1.75. The smallest absolute Gasteiger partial charge is 0.0752 e. The van der Waals surface area contributed by atoms with Crippen LogP contribution >= 0.6 is 0 Å². The molecule has 2 heteroatoms. The van der Waals surface area contributed by atoms with Gasteiger partial charge in [-0.25, -0.2) is 0 Å². The molecule has 0 aromatic heterocycles. The first-order valence-corrected chi connectivity index (χ1v) is 3.30. The lowest BCUT2D eigenvalue weighted by Crippen LogP contribution is -2.14. The molecule has 0 heterocycles. The zero-order chi connectivity index (χ0) is 6.69. The van der Waals surface area contributed by atoms with Crippen molar-refractivity contribution in [2.45, 2.75) is 18.9 Å². The quantitative estimate of drug-likeness (QED) is 0.525. The number of aliphatic hydroxyl groups excluding tert-OH is 2. The highest BCUT2D eigenvalue weighted by Crippen LogP contribution is 2.21. The van der Waals surface area contributed by atoms with Crippen LogP contribution in [0.3, 0.4) is 0 Å². The van der Waals surface area contributed by atoms with E-state index in [2.05, 4.69) is 0 Å². The summed E-state index contributed by atoms with van der Waals surface area (Å²) < 4.78 is 0. The van der Waals surface area contributed by atoms with E-state index in [1.807, 2.05) is 6.08 Å². The number of rotatable bonds is 2. The average Bonchev–Trinajstić information content (AvgIpc) is 2.18. The van der Waals surface area contributed by atoms with Crippen molar-refractivity contribution in [1.82, 2.24) is 0 Å². The van der Waals surface area contributed by atoms with E-state index in [0.29, 0.717) is 6.42 Å². The first-order chi connectivity index (χ1) is 4.34. The minimum Gasteiger partial charge on any atom is -0.396 e. The van der Waals surface area contributed by atoms with Crippen molar-refractivity contribution in [3.63, 3.8) is 0 Å². The summed E-state index contributed by atoms with van der Waals surface area (Å²) in [5, 5.41) is 17.6. The van der Waals surface area contributed by atoms with Gasteiger partial charge in [0.15, 0.2) is 0 Å². The maximum Gasteiger partial charge on any atom is 0.0752 e. The molecule has 0 bridgehead atoms. The third-order valence-corrected chi connectivity index (χ3v) is 1.75. The molecule has 2 unspecified atom stereocenters. The molecule has 0 saturated carbocycles. The number of aliphatic hydroxyl groups is 2. The van der Waals surface area contributed by atoms with Gasteiger partial charge in [-0.05, 0) is 18.8 Å². The van der Waals surface area contributed by atoms with Gasteiger partial charge in [0.25, 0.3) is 0 Å². The zero-order valence-electron chi connectivity index (χ0n) is 5.33.